The maximum absolute atomic E-state index is 13.1. The molecule has 0 radical (unpaired) electrons. The van der Waals surface area contributed by atoms with Crippen LogP contribution in [0.5, 0.6) is 0 Å². The molecular formula is C16H21FN4O2. The molecule has 2 amide bonds. The maximum Gasteiger partial charge on any atom is 0.269 e. The largest absolute Gasteiger partial charge is 0.368 e. The van der Waals surface area contributed by atoms with E-state index in [4.69, 9.17) is 5.73 Å². The summed E-state index contributed by atoms with van der Waals surface area (Å²) >= 11 is 0. The monoisotopic (exact) mass is 320 g/mol. The van der Waals surface area contributed by atoms with E-state index in [9.17, 15) is 14.0 Å². The van der Waals surface area contributed by atoms with Gasteiger partial charge >= 0.3 is 0 Å². The first-order valence-electron chi connectivity index (χ1n) is 7.61. The van der Waals surface area contributed by atoms with Crippen LogP contribution in [-0.2, 0) is 9.59 Å². The number of primary amides is 1. The van der Waals surface area contributed by atoms with E-state index in [0.717, 1.165) is 12.8 Å². The minimum Gasteiger partial charge on any atom is -0.368 e. The molecule has 0 bridgehead atoms. The molecule has 1 aromatic rings. The molecule has 1 aliphatic heterocycles. The molecule has 7 heteroatoms. The van der Waals surface area contributed by atoms with E-state index in [0.29, 0.717) is 12.2 Å². The maximum atomic E-state index is 13.1. The highest BCUT2D eigenvalue weighted by molar-refractivity contribution is 6.40. The Morgan fingerprint density at radius 1 is 1.39 bits per heavy atom. The van der Waals surface area contributed by atoms with Crippen LogP contribution in [-0.4, -0.2) is 42.1 Å². The molecule has 6 nitrogen and oxygen atoms in total. The lowest BCUT2D eigenvalue weighted by atomic mass is 10.1. The Hall–Kier alpha value is -2.44. The van der Waals surface area contributed by atoms with Crippen molar-refractivity contribution in [1.29, 1.82) is 0 Å². The van der Waals surface area contributed by atoms with Crippen LogP contribution in [0.3, 0.4) is 0 Å². The second kappa shape index (κ2) is 7.21. The predicted octanol–water partition coefficient (Wildman–Crippen LogP) is 1.50. The number of benzene rings is 1. The molecule has 2 rings (SSSR count). The number of nitrogens with zero attached hydrogens (tertiary/aromatic N) is 3. The summed E-state index contributed by atoms with van der Waals surface area (Å²) in [4.78, 5) is 25.7. The number of hydrogen-bond acceptors (Lipinski definition) is 4. The van der Waals surface area contributed by atoms with Crippen molar-refractivity contribution in [1.82, 2.24) is 4.90 Å². The minimum atomic E-state index is -0.737. The van der Waals surface area contributed by atoms with Gasteiger partial charge in [0, 0.05) is 20.0 Å². The quantitative estimate of drug-likeness (QED) is 0.863. The number of rotatable bonds is 6. The number of unbranched alkanes of at least 4 members (excludes halogenated alkanes) is 1. The molecule has 23 heavy (non-hydrogen) atoms. The van der Waals surface area contributed by atoms with Gasteiger partial charge in [-0.25, -0.2) is 4.39 Å². The lowest BCUT2D eigenvalue weighted by Gasteiger charge is -2.20. The van der Waals surface area contributed by atoms with Gasteiger partial charge in [-0.05, 0) is 30.7 Å². The summed E-state index contributed by atoms with van der Waals surface area (Å²) in [6.07, 6.45) is 2.04. The number of anilines is 1. The number of halogens is 1. The first-order valence-corrected chi connectivity index (χ1v) is 7.61. The minimum absolute atomic E-state index is 0.155. The molecule has 1 aliphatic rings. The highest BCUT2D eigenvalue weighted by atomic mass is 19.1. The molecule has 0 saturated carbocycles. The van der Waals surface area contributed by atoms with Crippen LogP contribution in [0.25, 0.3) is 0 Å². The Morgan fingerprint density at radius 2 is 2.04 bits per heavy atom. The summed E-state index contributed by atoms with van der Waals surface area (Å²) in [7, 11) is 1.71. The van der Waals surface area contributed by atoms with E-state index in [1.807, 2.05) is 6.92 Å². The van der Waals surface area contributed by atoms with E-state index in [2.05, 4.69) is 5.10 Å². The smallest absolute Gasteiger partial charge is 0.269 e. The van der Waals surface area contributed by atoms with Crippen molar-refractivity contribution in [2.24, 2.45) is 10.8 Å². The van der Waals surface area contributed by atoms with Crippen LogP contribution in [0.1, 0.15) is 26.2 Å². The van der Waals surface area contributed by atoms with E-state index < -0.39 is 11.9 Å². The second-order valence-corrected chi connectivity index (χ2v) is 5.57. The first kappa shape index (κ1) is 16.9. The molecule has 0 fully saturated rings. The van der Waals surface area contributed by atoms with Crippen molar-refractivity contribution in [3.8, 4) is 0 Å². The zero-order chi connectivity index (χ0) is 17.0. The van der Waals surface area contributed by atoms with Gasteiger partial charge in [0.1, 0.15) is 17.6 Å². The molecule has 2 N–H and O–H groups in total. The van der Waals surface area contributed by atoms with Gasteiger partial charge in [0.25, 0.3) is 5.91 Å². The van der Waals surface area contributed by atoms with Crippen molar-refractivity contribution in [2.45, 2.75) is 32.2 Å². The predicted molar refractivity (Wildman–Crippen MR) is 86.5 cm³/mol. The molecule has 1 aromatic carbocycles. The number of carbonyl (C=O) groups is 2. The van der Waals surface area contributed by atoms with Gasteiger partial charge in [0.15, 0.2) is 0 Å². The Bertz CT molecular complexity index is 615. The van der Waals surface area contributed by atoms with Crippen molar-refractivity contribution < 1.29 is 14.0 Å². The van der Waals surface area contributed by atoms with E-state index in [1.165, 1.54) is 29.3 Å². The van der Waals surface area contributed by atoms with Gasteiger partial charge in [0.05, 0.1) is 5.69 Å². The molecule has 1 heterocycles. The third-order valence-electron chi connectivity index (χ3n) is 3.77. The van der Waals surface area contributed by atoms with Crippen LogP contribution in [0.15, 0.2) is 29.4 Å². The molecule has 0 aromatic heterocycles. The van der Waals surface area contributed by atoms with E-state index in [1.54, 1.807) is 11.9 Å². The van der Waals surface area contributed by atoms with Crippen LogP contribution < -0.4 is 10.7 Å². The summed E-state index contributed by atoms with van der Waals surface area (Å²) in [6, 6.07) is 4.82. The number of hydrogen-bond donors (Lipinski definition) is 1. The molecular weight excluding hydrogens is 299 g/mol. The summed E-state index contributed by atoms with van der Waals surface area (Å²) in [6.45, 7) is 2.68. The van der Waals surface area contributed by atoms with E-state index >= 15 is 0 Å². The lowest BCUT2D eigenvalue weighted by Crippen LogP contribution is -2.40. The second-order valence-electron chi connectivity index (χ2n) is 5.57. The topological polar surface area (TPSA) is 79.0 Å². The highest BCUT2D eigenvalue weighted by Gasteiger charge is 2.35. The van der Waals surface area contributed by atoms with E-state index in [-0.39, 0.29) is 23.9 Å². The summed E-state index contributed by atoms with van der Waals surface area (Å²) < 4.78 is 13.1. The van der Waals surface area contributed by atoms with Crippen molar-refractivity contribution >= 4 is 23.2 Å². The molecule has 0 unspecified atom stereocenters. The molecule has 0 spiro atoms. The molecule has 1 atom stereocenters. The third kappa shape index (κ3) is 3.85. The van der Waals surface area contributed by atoms with Crippen molar-refractivity contribution in [2.75, 3.05) is 18.6 Å². The third-order valence-corrected chi connectivity index (χ3v) is 3.77. The Balaban J connectivity index is 2.22. The van der Waals surface area contributed by atoms with Crippen LogP contribution in [0, 0.1) is 5.82 Å². The summed E-state index contributed by atoms with van der Waals surface area (Å²) in [5.41, 5.74) is 6.23. The van der Waals surface area contributed by atoms with Gasteiger partial charge in [-0.15, -0.1) is 0 Å². The van der Waals surface area contributed by atoms with Crippen molar-refractivity contribution in [3.05, 3.63) is 30.1 Å². The van der Waals surface area contributed by atoms with Gasteiger partial charge in [-0.2, -0.15) is 5.10 Å². The Kier molecular flexibility index (Phi) is 5.31. The van der Waals surface area contributed by atoms with Crippen LogP contribution >= 0.6 is 0 Å². The SMILES string of the molecule is CCCCN(C)C(=O)C1=NN(c2ccc(F)cc2)[C@H](C(N)=O)C1. The lowest BCUT2D eigenvalue weighted by molar-refractivity contribution is -0.123. The van der Waals surface area contributed by atoms with Gasteiger partial charge in [-0.3, -0.25) is 14.6 Å². The highest BCUT2D eigenvalue weighted by Crippen LogP contribution is 2.25. The normalized spacial score (nSPS) is 17.1. The number of hydrazone groups is 1. The zero-order valence-electron chi connectivity index (χ0n) is 13.3. The summed E-state index contributed by atoms with van der Waals surface area (Å²) in [5, 5.41) is 5.65. The average Bonchev–Trinajstić information content (AvgIpc) is 2.98. The summed E-state index contributed by atoms with van der Waals surface area (Å²) in [5.74, 6) is -1.17. The van der Waals surface area contributed by atoms with Gasteiger partial charge < -0.3 is 10.6 Å². The molecule has 0 aliphatic carbocycles. The number of carbonyl (C=O) groups excluding carboxylic acids is 2. The number of amides is 2. The standard InChI is InChI=1S/C16H21FN4O2/c1-3-4-9-20(2)16(23)13-10-14(15(18)22)21(19-13)12-7-5-11(17)6-8-12/h5-8,14H,3-4,9-10H2,1-2H3,(H2,18,22)/t14-/m0/s1. The average molecular weight is 320 g/mol. The van der Waals surface area contributed by atoms with Crippen molar-refractivity contribution in [3.63, 3.8) is 0 Å². The first-order chi connectivity index (χ1) is 10.9. The Morgan fingerprint density at radius 3 is 2.61 bits per heavy atom. The fraction of sp³-hybridized carbons (Fsp3) is 0.438. The zero-order valence-corrected chi connectivity index (χ0v) is 13.3. The number of nitrogens with two attached hydrogens (primary N) is 1. The fourth-order valence-electron chi connectivity index (χ4n) is 2.41. The molecule has 0 saturated heterocycles. The fourth-order valence-corrected chi connectivity index (χ4v) is 2.41. The Labute approximate surface area is 134 Å². The molecule has 124 valence electrons. The van der Waals surface area contributed by atoms with Crippen LogP contribution in [0.4, 0.5) is 10.1 Å². The van der Waals surface area contributed by atoms with Crippen LogP contribution in [0.2, 0.25) is 0 Å². The van der Waals surface area contributed by atoms with Gasteiger partial charge in [-0.1, -0.05) is 13.3 Å². The van der Waals surface area contributed by atoms with Gasteiger partial charge in [0.2, 0.25) is 5.91 Å².